The van der Waals surface area contributed by atoms with Gasteiger partial charge in [-0.2, -0.15) is 0 Å². The molecular formula is C23H19ClN2O2S. The second kappa shape index (κ2) is 7.85. The van der Waals surface area contributed by atoms with Crippen LogP contribution in [-0.4, -0.2) is 16.7 Å². The maximum Gasteiger partial charge on any atom is 0.278 e. The van der Waals surface area contributed by atoms with E-state index < -0.39 is 0 Å². The van der Waals surface area contributed by atoms with Crippen LogP contribution >= 0.6 is 22.9 Å². The quantitative estimate of drug-likeness (QED) is 0.559. The van der Waals surface area contributed by atoms with Gasteiger partial charge in [0.1, 0.15) is 5.70 Å². The lowest BCUT2D eigenvalue weighted by atomic mass is 10.1. The maximum atomic E-state index is 13.3. The van der Waals surface area contributed by atoms with Gasteiger partial charge in [0, 0.05) is 15.6 Å². The van der Waals surface area contributed by atoms with Crippen LogP contribution in [0, 0.1) is 13.8 Å². The molecule has 2 amide bonds. The molecule has 1 aromatic heterocycles. The molecule has 146 valence electrons. The Balaban J connectivity index is 1.72. The molecule has 0 aliphatic carbocycles. The number of rotatable bonds is 5. The van der Waals surface area contributed by atoms with Gasteiger partial charge >= 0.3 is 0 Å². The molecule has 1 N–H and O–H groups in total. The minimum absolute atomic E-state index is 0.196. The molecule has 4 rings (SSSR count). The van der Waals surface area contributed by atoms with Gasteiger partial charge < -0.3 is 5.32 Å². The lowest BCUT2D eigenvalue weighted by Crippen LogP contribution is -2.32. The van der Waals surface area contributed by atoms with Crippen LogP contribution in [0.4, 0.5) is 5.69 Å². The van der Waals surface area contributed by atoms with Crippen molar-refractivity contribution < 1.29 is 9.59 Å². The van der Waals surface area contributed by atoms with E-state index in [9.17, 15) is 9.59 Å². The van der Waals surface area contributed by atoms with E-state index in [0.29, 0.717) is 16.3 Å². The van der Waals surface area contributed by atoms with Crippen molar-refractivity contribution >= 4 is 46.0 Å². The van der Waals surface area contributed by atoms with E-state index in [1.54, 1.807) is 12.1 Å². The highest BCUT2D eigenvalue weighted by molar-refractivity contribution is 7.11. The molecule has 1 aliphatic heterocycles. The van der Waals surface area contributed by atoms with Crippen LogP contribution in [0.3, 0.4) is 0 Å². The molecule has 2 aromatic carbocycles. The number of aryl methyl sites for hydroxylation is 1. The number of amides is 2. The third-order valence-corrected chi connectivity index (χ3v) is 6.19. The van der Waals surface area contributed by atoms with Crippen molar-refractivity contribution in [2.24, 2.45) is 0 Å². The summed E-state index contributed by atoms with van der Waals surface area (Å²) in [6, 6.07) is 16.8. The number of hydrogen-bond acceptors (Lipinski definition) is 4. The summed E-state index contributed by atoms with van der Waals surface area (Å²) in [5.74, 6) is -0.616. The smallest absolute Gasteiger partial charge is 0.278 e. The third-order valence-electron chi connectivity index (χ3n) is 5.05. The third kappa shape index (κ3) is 3.71. The molecule has 4 nitrogen and oxygen atoms in total. The summed E-state index contributed by atoms with van der Waals surface area (Å²) in [7, 11) is 0. The van der Waals surface area contributed by atoms with Crippen molar-refractivity contribution in [2.75, 3.05) is 5.32 Å². The van der Waals surface area contributed by atoms with Gasteiger partial charge in [-0.15, -0.1) is 11.3 Å². The average molecular weight is 423 g/mol. The summed E-state index contributed by atoms with van der Waals surface area (Å²) in [6.45, 7) is 4.21. The zero-order chi connectivity index (χ0) is 20.5. The highest BCUT2D eigenvalue weighted by Crippen LogP contribution is 2.34. The second-order valence-electron chi connectivity index (χ2n) is 6.92. The topological polar surface area (TPSA) is 49.4 Å². The van der Waals surface area contributed by atoms with E-state index >= 15 is 0 Å². The van der Waals surface area contributed by atoms with Gasteiger partial charge in [-0.05, 0) is 60.2 Å². The van der Waals surface area contributed by atoms with Crippen LogP contribution in [0.25, 0.3) is 5.57 Å². The fourth-order valence-electron chi connectivity index (χ4n) is 3.28. The molecular weight excluding hydrogens is 404 g/mol. The van der Waals surface area contributed by atoms with Gasteiger partial charge in [0.15, 0.2) is 0 Å². The monoisotopic (exact) mass is 422 g/mol. The van der Waals surface area contributed by atoms with Gasteiger partial charge in [-0.1, -0.05) is 41.9 Å². The summed E-state index contributed by atoms with van der Waals surface area (Å²) in [5, 5.41) is 5.76. The summed E-state index contributed by atoms with van der Waals surface area (Å²) < 4.78 is 0. The lowest BCUT2D eigenvalue weighted by molar-refractivity contribution is -0.137. The zero-order valence-electron chi connectivity index (χ0n) is 16.0. The summed E-state index contributed by atoms with van der Waals surface area (Å²) in [6.07, 6.45) is 0. The minimum Gasteiger partial charge on any atom is -0.350 e. The predicted octanol–water partition coefficient (Wildman–Crippen LogP) is 5.41. The number of anilines is 1. The van der Waals surface area contributed by atoms with E-state index in [2.05, 4.69) is 5.32 Å². The first-order valence-corrected chi connectivity index (χ1v) is 10.4. The van der Waals surface area contributed by atoms with Gasteiger partial charge in [0.2, 0.25) is 0 Å². The van der Waals surface area contributed by atoms with E-state index in [1.165, 1.54) is 16.2 Å². The molecule has 2 heterocycles. The van der Waals surface area contributed by atoms with Crippen molar-refractivity contribution in [3.05, 3.63) is 92.3 Å². The largest absolute Gasteiger partial charge is 0.350 e. The Morgan fingerprint density at radius 3 is 2.41 bits per heavy atom. The van der Waals surface area contributed by atoms with Crippen molar-refractivity contribution in [3.63, 3.8) is 0 Å². The first-order valence-electron chi connectivity index (χ1n) is 9.17. The predicted molar refractivity (Wildman–Crippen MR) is 118 cm³/mol. The second-order valence-corrected chi connectivity index (χ2v) is 8.31. The fourth-order valence-corrected chi connectivity index (χ4v) is 4.17. The van der Waals surface area contributed by atoms with Crippen LogP contribution in [-0.2, 0) is 16.1 Å². The zero-order valence-corrected chi connectivity index (χ0v) is 17.6. The molecule has 6 heteroatoms. The van der Waals surface area contributed by atoms with E-state index in [4.69, 9.17) is 11.6 Å². The Morgan fingerprint density at radius 2 is 1.72 bits per heavy atom. The summed E-state index contributed by atoms with van der Waals surface area (Å²) >= 11 is 7.40. The van der Waals surface area contributed by atoms with Crippen LogP contribution in [0.5, 0.6) is 0 Å². The number of carbonyl (C=O) groups excluding carboxylic acids is 2. The van der Waals surface area contributed by atoms with Crippen molar-refractivity contribution in [2.45, 2.75) is 20.4 Å². The highest BCUT2D eigenvalue weighted by atomic mass is 35.5. The first kappa shape index (κ1) is 19.4. The molecule has 29 heavy (non-hydrogen) atoms. The van der Waals surface area contributed by atoms with E-state index in [1.807, 2.05) is 61.7 Å². The fraction of sp³-hybridized carbons (Fsp3) is 0.130. The molecule has 0 atom stereocenters. The van der Waals surface area contributed by atoms with Crippen LogP contribution < -0.4 is 5.32 Å². The molecule has 0 saturated heterocycles. The standard InChI is InChI=1S/C23H19ClN2O2S/c1-14-5-3-6-18(15(14)2)25-21-20(19-7-4-12-29-19)22(27)26(23(21)28)13-16-8-10-17(24)11-9-16/h3-12,25H,13H2,1-2H3. The SMILES string of the molecule is Cc1cccc(NC2=C(c3cccs3)C(=O)N(Cc3ccc(Cl)cc3)C2=O)c1C. The van der Waals surface area contributed by atoms with Crippen LogP contribution in [0.15, 0.2) is 65.7 Å². The number of carbonyl (C=O) groups is 2. The van der Waals surface area contributed by atoms with Gasteiger partial charge in [0.05, 0.1) is 12.1 Å². The Labute approximate surface area is 178 Å². The Hall–Kier alpha value is -2.89. The van der Waals surface area contributed by atoms with Crippen LogP contribution in [0.2, 0.25) is 5.02 Å². The number of benzene rings is 2. The number of imide groups is 1. The molecule has 0 fully saturated rings. The van der Waals surface area contributed by atoms with Gasteiger partial charge in [-0.3, -0.25) is 14.5 Å². The number of nitrogens with one attached hydrogen (secondary N) is 1. The Morgan fingerprint density at radius 1 is 0.966 bits per heavy atom. The number of thiophene rings is 1. The average Bonchev–Trinajstić information content (AvgIpc) is 3.30. The molecule has 0 unspecified atom stereocenters. The summed E-state index contributed by atoms with van der Waals surface area (Å²) in [5.41, 5.74) is 4.56. The lowest BCUT2D eigenvalue weighted by Gasteiger charge is -2.16. The molecule has 0 radical (unpaired) electrons. The molecule has 0 spiro atoms. The van der Waals surface area contributed by atoms with E-state index in [-0.39, 0.29) is 18.4 Å². The van der Waals surface area contributed by atoms with E-state index in [0.717, 1.165) is 27.3 Å². The number of halogens is 1. The van der Waals surface area contributed by atoms with Gasteiger partial charge in [0.25, 0.3) is 11.8 Å². The van der Waals surface area contributed by atoms with Gasteiger partial charge in [-0.25, -0.2) is 0 Å². The maximum absolute atomic E-state index is 13.3. The highest BCUT2D eigenvalue weighted by Gasteiger charge is 2.39. The summed E-state index contributed by atoms with van der Waals surface area (Å²) in [4.78, 5) is 28.5. The first-order chi connectivity index (χ1) is 14.0. The Bertz CT molecular complexity index is 1120. The Kier molecular flexibility index (Phi) is 5.26. The van der Waals surface area contributed by atoms with Crippen molar-refractivity contribution in [1.29, 1.82) is 0 Å². The number of hydrogen-bond donors (Lipinski definition) is 1. The molecule has 0 saturated carbocycles. The number of nitrogens with zero attached hydrogens (tertiary/aromatic N) is 1. The molecule has 1 aliphatic rings. The van der Waals surface area contributed by atoms with Crippen molar-refractivity contribution in [1.82, 2.24) is 4.90 Å². The minimum atomic E-state index is -0.325. The normalized spacial score (nSPS) is 14.1. The van der Waals surface area contributed by atoms with Crippen molar-refractivity contribution in [3.8, 4) is 0 Å². The van der Waals surface area contributed by atoms with Crippen LogP contribution in [0.1, 0.15) is 21.6 Å². The molecule has 3 aromatic rings. The molecule has 0 bridgehead atoms.